The van der Waals surface area contributed by atoms with Crippen LogP contribution >= 0.6 is 0 Å². The number of hydrogen-bond acceptors (Lipinski definition) is 3. The molecule has 0 saturated carbocycles. The van der Waals surface area contributed by atoms with E-state index in [9.17, 15) is 5.26 Å². The van der Waals surface area contributed by atoms with Crippen molar-refractivity contribution in [3.8, 4) is 45.4 Å². The summed E-state index contributed by atoms with van der Waals surface area (Å²) in [6.07, 6.45) is 0. The minimum atomic E-state index is -1.41. The Morgan fingerprint density at radius 2 is 1.33 bits per heavy atom. The molecular formula is C47H43N3OSi. The normalized spacial score (nSPS) is 12.1. The lowest BCUT2D eigenvalue weighted by molar-refractivity contribution is 0.669. The molecule has 0 radical (unpaired) electrons. The van der Waals surface area contributed by atoms with Crippen LogP contribution in [0.3, 0.4) is 0 Å². The average molecular weight is 694 g/mol. The zero-order chi connectivity index (χ0) is 36.3. The molecule has 0 aliphatic rings. The van der Waals surface area contributed by atoms with Crippen molar-refractivity contribution in [3.05, 3.63) is 138 Å². The quantitative estimate of drug-likeness (QED) is 0.156. The molecule has 256 valence electrons. The highest BCUT2D eigenvalue weighted by molar-refractivity contribution is 6.88. The second kappa shape index (κ2) is 12.8. The first-order valence-electron chi connectivity index (χ1n) is 18.2. The van der Waals surface area contributed by atoms with Gasteiger partial charge < -0.3 is 4.42 Å². The van der Waals surface area contributed by atoms with Gasteiger partial charge in [0.1, 0.15) is 17.0 Å². The van der Waals surface area contributed by atoms with E-state index in [2.05, 4.69) is 155 Å². The summed E-state index contributed by atoms with van der Waals surface area (Å²) in [4.78, 5) is 5.35. The summed E-state index contributed by atoms with van der Waals surface area (Å²) in [5, 5.41) is 13.1. The lowest BCUT2D eigenvalue weighted by Crippen LogP contribution is -2.37. The van der Waals surface area contributed by atoms with E-state index in [-0.39, 0.29) is 11.8 Å². The Labute approximate surface area is 307 Å². The molecule has 6 aromatic carbocycles. The fraction of sp³-hybridized carbons (Fsp3) is 0.191. The summed E-state index contributed by atoms with van der Waals surface area (Å²) in [6, 6.07) is 45.2. The van der Waals surface area contributed by atoms with Gasteiger partial charge in [-0.3, -0.25) is 4.57 Å². The number of rotatable bonds is 7. The number of fused-ring (bicyclic) bond motifs is 4. The average Bonchev–Trinajstić information content (AvgIpc) is 3.72. The first-order chi connectivity index (χ1) is 25.0. The van der Waals surface area contributed by atoms with Crippen LogP contribution in [0.4, 0.5) is 0 Å². The van der Waals surface area contributed by atoms with Crippen LogP contribution in [-0.2, 0) is 0 Å². The van der Waals surface area contributed by atoms with Crippen LogP contribution < -0.4 is 5.19 Å². The van der Waals surface area contributed by atoms with Gasteiger partial charge in [0.25, 0.3) is 0 Å². The van der Waals surface area contributed by atoms with Crippen molar-refractivity contribution in [1.82, 2.24) is 9.55 Å². The van der Waals surface area contributed by atoms with E-state index in [1.165, 1.54) is 33.1 Å². The highest BCUT2D eigenvalue weighted by Crippen LogP contribution is 2.43. The van der Waals surface area contributed by atoms with E-state index in [0.29, 0.717) is 5.56 Å². The van der Waals surface area contributed by atoms with E-state index in [1.54, 1.807) is 0 Å². The van der Waals surface area contributed by atoms with Crippen LogP contribution in [0.15, 0.2) is 126 Å². The van der Waals surface area contributed by atoms with Gasteiger partial charge in [-0.05, 0) is 99.8 Å². The Balaban J connectivity index is 1.36. The highest BCUT2D eigenvalue weighted by Gasteiger charge is 2.26. The number of para-hydroxylation sites is 3. The van der Waals surface area contributed by atoms with Gasteiger partial charge in [0.05, 0.1) is 42.0 Å². The molecule has 0 N–H and O–H groups in total. The maximum atomic E-state index is 9.49. The molecule has 0 aliphatic carbocycles. The van der Waals surface area contributed by atoms with Gasteiger partial charge >= 0.3 is 0 Å². The van der Waals surface area contributed by atoms with E-state index in [1.807, 2.05) is 24.3 Å². The lowest BCUT2D eigenvalue weighted by atomic mass is 9.88. The minimum absolute atomic E-state index is 0.266. The summed E-state index contributed by atoms with van der Waals surface area (Å²) in [5.41, 5.74) is 13.5. The predicted octanol–water partition coefficient (Wildman–Crippen LogP) is 12.6. The number of nitriles is 1. The molecule has 0 saturated heterocycles. The molecule has 8 rings (SSSR count). The summed E-state index contributed by atoms with van der Waals surface area (Å²) in [7, 11) is -1.41. The maximum Gasteiger partial charge on any atom is 0.149 e. The number of aromatic nitrogens is 2. The summed E-state index contributed by atoms with van der Waals surface area (Å²) < 4.78 is 9.18. The second-order valence-corrected chi connectivity index (χ2v) is 20.7. The molecule has 5 heteroatoms. The van der Waals surface area contributed by atoms with Crippen molar-refractivity contribution < 1.29 is 4.42 Å². The smallest absolute Gasteiger partial charge is 0.149 e. The molecule has 0 aliphatic heterocycles. The molecule has 4 nitrogen and oxygen atoms in total. The molecule has 0 spiro atoms. The first kappa shape index (κ1) is 33.4. The van der Waals surface area contributed by atoms with Crippen molar-refractivity contribution >= 4 is 46.2 Å². The molecule has 0 bridgehead atoms. The molecule has 2 aromatic heterocycles. The topological polar surface area (TPSA) is 54.8 Å². The Morgan fingerprint density at radius 3 is 2.02 bits per heavy atom. The summed E-state index contributed by atoms with van der Waals surface area (Å²) >= 11 is 0. The Morgan fingerprint density at radius 1 is 0.654 bits per heavy atom. The Bertz CT molecular complexity index is 2650. The SMILES string of the molecule is CC(C)c1cc(-c2ccc([Si](C)(C)C)cc2)cc(C(C)C)c1-n1c(-c2cccc3c2oc2cc(-c4cccc(C#N)c4)ccc23)nc2ccccc21. The fourth-order valence-electron chi connectivity index (χ4n) is 7.50. The van der Waals surface area contributed by atoms with Crippen LogP contribution in [0.2, 0.25) is 19.6 Å². The van der Waals surface area contributed by atoms with Crippen molar-refractivity contribution in [1.29, 1.82) is 5.26 Å². The highest BCUT2D eigenvalue weighted by atomic mass is 28.3. The minimum Gasteiger partial charge on any atom is -0.455 e. The van der Waals surface area contributed by atoms with Gasteiger partial charge in [0, 0.05) is 10.8 Å². The number of hydrogen-bond donors (Lipinski definition) is 0. The third-order valence-electron chi connectivity index (χ3n) is 10.3. The zero-order valence-corrected chi connectivity index (χ0v) is 32.0. The Hall–Kier alpha value is -5.70. The van der Waals surface area contributed by atoms with E-state index >= 15 is 0 Å². The molecular weight excluding hydrogens is 651 g/mol. The molecule has 2 heterocycles. The van der Waals surface area contributed by atoms with Crippen LogP contribution in [0.25, 0.3) is 72.3 Å². The maximum absolute atomic E-state index is 9.49. The first-order valence-corrected chi connectivity index (χ1v) is 21.7. The largest absolute Gasteiger partial charge is 0.455 e. The number of nitrogens with zero attached hydrogens (tertiary/aromatic N) is 3. The van der Waals surface area contributed by atoms with Crippen LogP contribution in [0.1, 0.15) is 56.2 Å². The second-order valence-electron chi connectivity index (χ2n) is 15.6. The Kier molecular flexibility index (Phi) is 8.24. The van der Waals surface area contributed by atoms with Crippen molar-refractivity contribution in [2.75, 3.05) is 0 Å². The fourth-order valence-corrected chi connectivity index (χ4v) is 8.67. The molecule has 0 atom stereocenters. The van der Waals surface area contributed by atoms with Gasteiger partial charge in [0.15, 0.2) is 0 Å². The summed E-state index contributed by atoms with van der Waals surface area (Å²) in [6.45, 7) is 16.4. The van der Waals surface area contributed by atoms with Crippen molar-refractivity contribution in [2.24, 2.45) is 0 Å². The van der Waals surface area contributed by atoms with Gasteiger partial charge in [-0.2, -0.15) is 5.26 Å². The molecule has 0 amide bonds. The monoisotopic (exact) mass is 693 g/mol. The van der Waals surface area contributed by atoms with E-state index < -0.39 is 8.07 Å². The predicted molar refractivity (Wildman–Crippen MR) is 221 cm³/mol. The van der Waals surface area contributed by atoms with E-state index in [0.717, 1.165) is 55.5 Å². The van der Waals surface area contributed by atoms with Gasteiger partial charge in [-0.25, -0.2) is 4.98 Å². The van der Waals surface area contributed by atoms with Gasteiger partial charge in [0.2, 0.25) is 0 Å². The summed E-state index contributed by atoms with van der Waals surface area (Å²) in [5.74, 6) is 1.40. The van der Waals surface area contributed by atoms with Crippen LogP contribution in [0.5, 0.6) is 0 Å². The van der Waals surface area contributed by atoms with Gasteiger partial charge in [-0.15, -0.1) is 0 Å². The molecule has 52 heavy (non-hydrogen) atoms. The standard InChI is InChI=1S/C47H43N3OSi/c1-29(2)40-25-35(32-18-21-36(22-19-32)52(5,6)7)26-41(30(3)4)45(40)50-43-17-9-8-16-42(43)49-47(50)39-15-11-14-38-37-23-20-34(27-44(37)51-46(38)39)33-13-10-12-31(24-33)28-48/h8-27,29-30H,1-7H3. The number of imidazole rings is 1. The number of benzene rings is 6. The third kappa shape index (κ3) is 5.74. The lowest BCUT2D eigenvalue weighted by Gasteiger charge is -2.24. The van der Waals surface area contributed by atoms with Crippen LogP contribution in [-0.4, -0.2) is 17.6 Å². The third-order valence-corrected chi connectivity index (χ3v) is 12.4. The molecule has 0 fully saturated rings. The van der Waals surface area contributed by atoms with Crippen molar-refractivity contribution in [2.45, 2.75) is 59.2 Å². The number of furan rings is 1. The molecule has 0 unspecified atom stereocenters. The molecule has 8 aromatic rings. The van der Waals surface area contributed by atoms with E-state index in [4.69, 9.17) is 9.40 Å². The van der Waals surface area contributed by atoms with Crippen molar-refractivity contribution in [3.63, 3.8) is 0 Å². The van der Waals surface area contributed by atoms with Crippen LogP contribution in [0, 0.1) is 11.3 Å². The zero-order valence-electron chi connectivity index (χ0n) is 31.0. The van der Waals surface area contributed by atoms with Gasteiger partial charge in [-0.1, -0.05) is 119 Å².